The van der Waals surface area contributed by atoms with Gasteiger partial charge in [0, 0.05) is 50.7 Å². The molecule has 0 spiro atoms. The Labute approximate surface area is 165 Å². The van der Waals surface area contributed by atoms with Crippen LogP contribution in [0.2, 0.25) is 0 Å². The van der Waals surface area contributed by atoms with Crippen LogP contribution in [0.25, 0.3) is 22.4 Å². The van der Waals surface area contributed by atoms with Crippen molar-refractivity contribution in [3.05, 3.63) is 30.7 Å². The van der Waals surface area contributed by atoms with Crippen molar-refractivity contribution in [3.63, 3.8) is 0 Å². The number of hydrogen-bond donors (Lipinski definition) is 2. The molecule has 2 N–H and O–H groups in total. The first-order chi connectivity index (χ1) is 13.3. The lowest BCUT2D eigenvalue weighted by Gasteiger charge is -2.26. The number of aromatic nitrogens is 5. The minimum absolute atomic E-state index is 0.222. The van der Waals surface area contributed by atoms with Gasteiger partial charge >= 0.3 is 0 Å². The monoisotopic (exact) mass is 380 g/mol. The largest absolute Gasteiger partial charge is 0.357 e. The third-order valence-corrected chi connectivity index (χ3v) is 5.37. The van der Waals surface area contributed by atoms with Crippen molar-refractivity contribution in [2.45, 2.75) is 39.3 Å². The number of hydrogen-bond acceptors (Lipinski definition) is 7. The molecule has 28 heavy (non-hydrogen) atoms. The minimum Gasteiger partial charge on any atom is -0.357 e. The van der Waals surface area contributed by atoms with Gasteiger partial charge in [0.1, 0.15) is 5.82 Å². The Bertz CT molecular complexity index is 959. The number of nitrogens with zero attached hydrogens (tertiary/aromatic N) is 6. The molecule has 0 saturated carbocycles. The molecule has 0 aliphatic carbocycles. The molecule has 4 heterocycles. The summed E-state index contributed by atoms with van der Waals surface area (Å²) in [5, 5.41) is 5.35. The zero-order valence-electron chi connectivity index (χ0n) is 17.1. The smallest absolute Gasteiger partial charge is 0.165 e. The first kappa shape index (κ1) is 18.8. The number of aryl methyl sites for hydroxylation is 1. The molecule has 1 saturated heterocycles. The first-order valence-corrected chi connectivity index (χ1v) is 9.65. The van der Waals surface area contributed by atoms with Gasteiger partial charge in [0.15, 0.2) is 11.5 Å². The van der Waals surface area contributed by atoms with Crippen LogP contribution in [0.3, 0.4) is 0 Å². The van der Waals surface area contributed by atoms with E-state index >= 15 is 0 Å². The fraction of sp³-hybridized carbons (Fsp3) is 0.500. The quantitative estimate of drug-likeness (QED) is 0.717. The van der Waals surface area contributed by atoms with Gasteiger partial charge < -0.3 is 4.90 Å². The minimum atomic E-state index is 0.222. The standard InChI is InChI=1S/C20H28N8/c1-20(2,3)16-9-14(25-26-16)12-27(4)18-15-11-22-28(5)19(15)24-17(23-18)13-7-6-8-21-10-13/h6-8,10-11,14,16,25-26H,9,12H2,1-5H3. The fourth-order valence-corrected chi connectivity index (χ4v) is 3.65. The molecule has 4 rings (SSSR count). The maximum Gasteiger partial charge on any atom is 0.165 e. The number of pyridine rings is 1. The van der Waals surface area contributed by atoms with Gasteiger partial charge in [-0.3, -0.25) is 20.5 Å². The lowest BCUT2D eigenvalue weighted by molar-refractivity contribution is 0.286. The van der Waals surface area contributed by atoms with Gasteiger partial charge in [-0.15, -0.1) is 0 Å². The molecule has 0 amide bonds. The Hall–Kier alpha value is -2.58. The van der Waals surface area contributed by atoms with Gasteiger partial charge in [0.05, 0.1) is 11.6 Å². The molecular weight excluding hydrogens is 352 g/mol. The van der Waals surface area contributed by atoms with Crippen LogP contribution in [0.15, 0.2) is 30.7 Å². The molecular formula is C20H28N8. The Morgan fingerprint density at radius 1 is 1.21 bits per heavy atom. The highest BCUT2D eigenvalue weighted by atomic mass is 15.4. The maximum absolute atomic E-state index is 4.87. The van der Waals surface area contributed by atoms with Crippen LogP contribution < -0.4 is 15.8 Å². The van der Waals surface area contributed by atoms with Crippen molar-refractivity contribution in [2.24, 2.45) is 12.5 Å². The van der Waals surface area contributed by atoms with E-state index in [1.807, 2.05) is 25.4 Å². The van der Waals surface area contributed by atoms with Crippen molar-refractivity contribution in [2.75, 3.05) is 18.5 Å². The van der Waals surface area contributed by atoms with E-state index in [1.54, 1.807) is 17.1 Å². The number of fused-ring (bicyclic) bond motifs is 1. The Kier molecular flexibility index (Phi) is 4.76. The summed E-state index contributed by atoms with van der Waals surface area (Å²) in [6.45, 7) is 7.64. The molecule has 1 fully saturated rings. The van der Waals surface area contributed by atoms with Crippen molar-refractivity contribution in [1.29, 1.82) is 0 Å². The second-order valence-corrected chi connectivity index (χ2v) is 8.64. The lowest BCUT2D eigenvalue weighted by Crippen LogP contribution is -2.42. The van der Waals surface area contributed by atoms with Crippen LogP contribution >= 0.6 is 0 Å². The van der Waals surface area contributed by atoms with E-state index in [4.69, 9.17) is 9.97 Å². The van der Waals surface area contributed by atoms with E-state index in [2.05, 4.69) is 53.7 Å². The average molecular weight is 381 g/mol. The van der Waals surface area contributed by atoms with E-state index < -0.39 is 0 Å². The molecule has 3 aromatic heterocycles. The maximum atomic E-state index is 4.87. The topological polar surface area (TPSA) is 83.8 Å². The number of rotatable bonds is 4. The number of likely N-dealkylation sites (N-methyl/N-ethyl adjacent to an activating group) is 1. The number of nitrogens with one attached hydrogen (secondary N) is 2. The zero-order chi connectivity index (χ0) is 19.9. The van der Waals surface area contributed by atoms with E-state index in [0.717, 1.165) is 35.4 Å². The van der Waals surface area contributed by atoms with Gasteiger partial charge in [-0.05, 0) is 24.0 Å². The number of anilines is 1. The van der Waals surface area contributed by atoms with Crippen molar-refractivity contribution in [3.8, 4) is 11.4 Å². The summed E-state index contributed by atoms with van der Waals surface area (Å²) in [4.78, 5) is 16.0. The van der Waals surface area contributed by atoms with E-state index in [-0.39, 0.29) is 5.41 Å². The van der Waals surface area contributed by atoms with E-state index in [1.165, 1.54) is 0 Å². The van der Waals surface area contributed by atoms with Crippen LogP contribution in [0.4, 0.5) is 5.82 Å². The lowest BCUT2D eigenvalue weighted by atomic mass is 9.84. The SMILES string of the molecule is CN(CC1CC(C(C)(C)C)NN1)c1nc(-c2cccnc2)nc2c1cnn2C. The summed E-state index contributed by atoms with van der Waals surface area (Å²) in [7, 11) is 3.98. The number of hydrazine groups is 1. The molecule has 0 aromatic carbocycles. The van der Waals surface area contributed by atoms with Crippen LogP contribution in [0.5, 0.6) is 0 Å². The second kappa shape index (κ2) is 7.10. The normalized spacial score (nSPS) is 20.0. The summed E-state index contributed by atoms with van der Waals surface area (Å²) in [6.07, 6.45) is 6.46. The van der Waals surface area contributed by atoms with Gasteiger partial charge in [-0.2, -0.15) is 5.10 Å². The highest BCUT2D eigenvalue weighted by molar-refractivity contribution is 5.88. The molecule has 0 bridgehead atoms. The fourth-order valence-electron chi connectivity index (χ4n) is 3.65. The van der Waals surface area contributed by atoms with Crippen LogP contribution in [0.1, 0.15) is 27.2 Å². The molecule has 0 radical (unpaired) electrons. The predicted molar refractivity (Wildman–Crippen MR) is 111 cm³/mol. The van der Waals surface area contributed by atoms with Crippen molar-refractivity contribution >= 4 is 16.9 Å². The second-order valence-electron chi connectivity index (χ2n) is 8.64. The zero-order valence-corrected chi connectivity index (χ0v) is 17.1. The van der Waals surface area contributed by atoms with E-state index in [0.29, 0.717) is 17.9 Å². The van der Waals surface area contributed by atoms with Gasteiger partial charge in [-0.25, -0.2) is 9.97 Å². The third kappa shape index (κ3) is 3.57. The van der Waals surface area contributed by atoms with Gasteiger partial charge in [-0.1, -0.05) is 20.8 Å². The van der Waals surface area contributed by atoms with Crippen molar-refractivity contribution in [1.82, 2.24) is 35.6 Å². The Morgan fingerprint density at radius 2 is 2.04 bits per heavy atom. The molecule has 1 aliphatic heterocycles. The van der Waals surface area contributed by atoms with Crippen LogP contribution in [0, 0.1) is 5.41 Å². The first-order valence-electron chi connectivity index (χ1n) is 9.65. The van der Waals surface area contributed by atoms with E-state index in [9.17, 15) is 0 Å². The third-order valence-electron chi connectivity index (χ3n) is 5.37. The summed E-state index contributed by atoms with van der Waals surface area (Å²) >= 11 is 0. The molecule has 3 aromatic rings. The van der Waals surface area contributed by atoms with Crippen LogP contribution in [-0.2, 0) is 7.05 Å². The molecule has 8 heteroatoms. The molecule has 8 nitrogen and oxygen atoms in total. The van der Waals surface area contributed by atoms with Gasteiger partial charge in [0.25, 0.3) is 0 Å². The summed E-state index contributed by atoms with van der Waals surface area (Å²) in [5.74, 6) is 1.55. The summed E-state index contributed by atoms with van der Waals surface area (Å²) in [5.41, 5.74) is 8.83. The summed E-state index contributed by atoms with van der Waals surface area (Å²) in [6, 6.07) is 4.67. The van der Waals surface area contributed by atoms with Crippen LogP contribution in [-0.4, -0.2) is 50.4 Å². The highest BCUT2D eigenvalue weighted by Gasteiger charge is 2.33. The molecule has 148 valence electrons. The van der Waals surface area contributed by atoms with Gasteiger partial charge in [0.2, 0.25) is 0 Å². The predicted octanol–water partition coefficient (Wildman–Crippen LogP) is 2.14. The molecule has 1 aliphatic rings. The molecule has 2 atom stereocenters. The highest BCUT2D eigenvalue weighted by Crippen LogP contribution is 2.29. The Morgan fingerprint density at radius 3 is 2.71 bits per heavy atom. The summed E-state index contributed by atoms with van der Waals surface area (Å²) < 4.78 is 1.79. The van der Waals surface area contributed by atoms with Crippen molar-refractivity contribution < 1.29 is 0 Å². The molecule has 2 unspecified atom stereocenters. The average Bonchev–Trinajstić information content (AvgIpc) is 3.29. The Balaban J connectivity index is 1.64.